The van der Waals surface area contributed by atoms with Gasteiger partial charge in [-0.3, -0.25) is 0 Å². The molecule has 1 aliphatic heterocycles. The van der Waals surface area contributed by atoms with Crippen molar-refractivity contribution in [3.05, 3.63) is 24.2 Å². The molecule has 18 heavy (non-hydrogen) atoms. The summed E-state index contributed by atoms with van der Waals surface area (Å²) in [5, 5.41) is 11.4. The average Bonchev–Trinajstić information content (AvgIpc) is 2.71. The van der Waals surface area contributed by atoms with E-state index in [2.05, 4.69) is 33.7 Å². The lowest BCUT2D eigenvalue weighted by atomic mass is 10.0. The molecule has 1 saturated heterocycles. The van der Waals surface area contributed by atoms with E-state index in [4.69, 9.17) is 0 Å². The molecule has 0 radical (unpaired) electrons. The number of piperidine rings is 1. The highest BCUT2D eigenvalue weighted by Crippen LogP contribution is 2.19. The zero-order chi connectivity index (χ0) is 12.5. The summed E-state index contributed by atoms with van der Waals surface area (Å²) in [7, 11) is 0. The number of hydrogen-bond donors (Lipinski definition) is 2. The molecule has 96 valence electrons. The molecule has 5 nitrogen and oxygen atoms in total. The minimum atomic E-state index is 0.496. The van der Waals surface area contributed by atoms with Crippen LogP contribution in [-0.4, -0.2) is 33.2 Å². The first-order chi connectivity index (χ1) is 8.72. The Morgan fingerprint density at radius 3 is 3.22 bits per heavy atom. The zero-order valence-corrected chi connectivity index (χ0v) is 10.8. The standard InChI is InChI=1S/C13H19N5/c1-9-7-11(3-4-14-9)16-13-12-8-10(2)17-18(12)6-5-15-13/h5-6,8-9,11,14H,3-4,7H2,1-2H3,(H,15,16). The van der Waals surface area contributed by atoms with Gasteiger partial charge >= 0.3 is 0 Å². The predicted molar refractivity (Wildman–Crippen MR) is 71.8 cm³/mol. The fraction of sp³-hybridized carbons (Fsp3) is 0.538. The van der Waals surface area contributed by atoms with Crippen LogP contribution in [0.4, 0.5) is 5.82 Å². The van der Waals surface area contributed by atoms with Gasteiger partial charge in [-0.15, -0.1) is 0 Å². The number of fused-ring (bicyclic) bond motifs is 1. The lowest BCUT2D eigenvalue weighted by Crippen LogP contribution is -2.41. The monoisotopic (exact) mass is 245 g/mol. The van der Waals surface area contributed by atoms with Gasteiger partial charge in [-0.05, 0) is 39.3 Å². The molecular weight excluding hydrogens is 226 g/mol. The summed E-state index contributed by atoms with van der Waals surface area (Å²) >= 11 is 0. The molecule has 0 spiro atoms. The van der Waals surface area contributed by atoms with Gasteiger partial charge in [-0.1, -0.05) is 0 Å². The number of anilines is 1. The molecule has 0 saturated carbocycles. The minimum absolute atomic E-state index is 0.496. The molecule has 1 aliphatic rings. The Morgan fingerprint density at radius 1 is 1.50 bits per heavy atom. The van der Waals surface area contributed by atoms with Gasteiger partial charge in [0, 0.05) is 24.5 Å². The molecule has 2 N–H and O–H groups in total. The predicted octanol–water partition coefficient (Wildman–Crippen LogP) is 1.59. The zero-order valence-electron chi connectivity index (χ0n) is 10.8. The van der Waals surface area contributed by atoms with Crippen LogP contribution in [0.5, 0.6) is 0 Å². The van der Waals surface area contributed by atoms with E-state index in [1.165, 1.54) is 0 Å². The van der Waals surface area contributed by atoms with Crippen molar-refractivity contribution in [1.82, 2.24) is 19.9 Å². The summed E-state index contributed by atoms with van der Waals surface area (Å²) < 4.78 is 1.88. The highest BCUT2D eigenvalue weighted by atomic mass is 15.2. The third kappa shape index (κ3) is 2.18. The molecule has 0 aromatic carbocycles. The molecule has 2 atom stereocenters. The highest BCUT2D eigenvalue weighted by Gasteiger charge is 2.19. The largest absolute Gasteiger partial charge is 0.365 e. The maximum atomic E-state index is 4.45. The quantitative estimate of drug-likeness (QED) is 0.843. The van der Waals surface area contributed by atoms with Gasteiger partial charge in [0.25, 0.3) is 0 Å². The maximum Gasteiger partial charge on any atom is 0.152 e. The Bertz CT molecular complexity index is 547. The molecule has 3 heterocycles. The van der Waals surface area contributed by atoms with Crippen LogP contribution < -0.4 is 10.6 Å². The number of hydrogen-bond acceptors (Lipinski definition) is 4. The van der Waals surface area contributed by atoms with E-state index in [0.29, 0.717) is 12.1 Å². The molecule has 5 heteroatoms. The lowest BCUT2D eigenvalue weighted by molar-refractivity contribution is 0.396. The van der Waals surface area contributed by atoms with Crippen LogP contribution in [0.25, 0.3) is 5.52 Å². The van der Waals surface area contributed by atoms with Gasteiger partial charge in [0.15, 0.2) is 5.82 Å². The van der Waals surface area contributed by atoms with Crippen LogP contribution in [0, 0.1) is 6.92 Å². The molecule has 0 aliphatic carbocycles. The van der Waals surface area contributed by atoms with Crippen LogP contribution in [0.3, 0.4) is 0 Å². The maximum absolute atomic E-state index is 4.45. The molecule has 2 aromatic rings. The van der Waals surface area contributed by atoms with Gasteiger partial charge in [0.1, 0.15) is 5.52 Å². The van der Waals surface area contributed by atoms with E-state index < -0.39 is 0 Å². The second-order valence-corrected chi connectivity index (χ2v) is 5.11. The van der Waals surface area contributed by atoms with E-state index in [-0.39, 0.29) is 0 Å². The van der Waals surface area contributed by atoms with Gasteiger partial charge < -0.3 is 10.6 Å². The van der Waals surface area contributed by atoms with Gasteiger partial charge in [-0.25, -0.2) is 9.50 Å². The molecule has 3 rings (SSSR count). The highest BCUT2D eigenvalue weighted by molar-refractivity contribution is 5.68. The van der Waals surface area contributed by atoms with Crippen LogP contribution >= 0.6 is 0 Å². The van der Waals surface area contributed by atoms with E-state index >= 15 is 0 Å². The Balaban J connectivity index is 1.85. The third-order valence-electron chi connectivity index (χ3n) is 3.48. The first-order valence-corrected chi connectivity index (χ1v) is 6.53. The van der Waals surface area contributed by atoms with Crippen LogP contribution in [0.2, 0.25) is 0 Å². The number of nitrogens with zero attached hydrogens (tertiary/aromatic N) is 3. The first kappa shape index (κ1) is 11.5. The Morgan fingerprint density at radius 2 is 2.39 bits per heavy atom. The summed E-state index contributed by atoms with van der Waals surface area (Å²) in [5.74, 6) is 0.942. The second-order valence-electron chi connectivity index (χ2n) is 5.11. The van der Waals surface area contributed by atoms with E-state index in [0.717, 1.165) is 36.4 Å². The molecule has 0 amide bonds. The van der Waals surface area contributed by atoms with E-state index in [1.54, 1.807) is 6.20 Å². The third-order valence-corrected chi connectivity index (χ3v) is 3.48. The molecular formula is C13H19N5. The van der Waals surface area contributed by atoms with Crippen molar-refractivity contribution in [2.75, 3.05) is 11.9 Å². The van der Waals surface area contributed by atoms with Crippen LogP contribution in [0.1, 0.15) is 25.5 Å². The summed E-state index contributed by atoms with van der Waals surface area (Å²) in [6, 6.07) is 3.14. The average molecular weight is 245 g/mol. The summed E-state index contributed by atoms with van der Waals surface area (Å²) in [4.78, 5) is 4.45. The van der Waals surface area contributed by atoms with Crippen molar-refractivity contribution in [3.8, 4) is 0 Å². The van der Waals surface area contributed by atoms with Gasteiger partial charge in [0.2, 0.25) is 0 Å². The van der Waals surface area contributed by atoms with E-state index in [9.17, 15) is 0 Å². The van der Waals surface area contributed by atoms with Crippen LogP contribution in [0.15, 0.2) is 18.5 Å². The van der Waals surface area contributed by atoms with Crippen molar-refractivity contribution >= 4 is 11.3 Å². The second kappa shape index (κ2) is 4.57. The Labute approximate surface area is 107 Å². The Kier molecular flexibility index (Phi) is 2.91. The van der Waals surface area contributed by atoms with Crippen molar-refractivity contribution < 1.29 is 0 Å². The first-order valence-electron chi connectivity index (χ1n) is 6.53. The summed E-state index contributed by atoms with van der Waals surface area (Å²) in [6.07, 6.45) is 5.96. The van der Waals surface area contributed by atoms with Gasteiger partial charge in [-0.2, -0.15) is 5.10 Å². The van der Waals surface area contributed by atoms with E-state index in [1.807, 2.05) is 17.6 Å². The summed E-state index contributed by atoms with van der Waals surface area (Å²) in [6.45, 7) is 5.30. The fourth-order valence-corrected chi connectivity index (χ4v) is 2.61. The van der Waals surface area contributed by atoms with Crippen molar-refractivity contribution in [1.29, 1.82) is 0 Å². The normalized spacial score (nSPS) is 24.3. The number of nitrogens with one attached hydrogen (secondary N) is 2. The number of aromatic nitrogens is 3. The molecule has 2 unspecified atom stereocenters. The van der Waals surface area contributed by atoms with Crippen molar-refractivity contribution in [3.63, 3.8) is 0 Å². The van der Waals surface area contributed by atoms with Crippen molar-refractivity contribution in [2.45, 2.75) is 38.8 Å². The fourth-order valence-electron chi connectivity index (χ4n) is 2.61. The topological polar surface area (TPSA) is 54.2 Å². The number of rotatable bonds is 2. The smallest absolute Gasteiger partial charge is 0.152 e. The molecule has 2 aromatic heterocycles. The molecule has 1 fully saturated rings. The molecule has 0 bridgehead atoms. The Hall–Kier alpha value is -1.62. The lowest BCUT2D eigenvalue weighted by Gasteiger charge is -2.29. The van der Waals surface area contributed by atoms with Crippen LogP contribution in [-0.2, 0) is 0 Å². The van der Waals surface area contributed by atoms with Gasteiger partial charge in [0.05, 0.1) is 5.69 Å². The van der Waals surface area contributed by atoms with Crippen molar-refractivity contribution in [2.24, 2.45) is 0 Å². The minimum Gasteiger partial charge on any atom is -0.365 e. The number of aryl methyl sites for hydroxylation is 1. The summed E-state index contributed by atoms with van der Waals surface area (Å²) in [5.41, 5.74) is 2.07. The SMILES string of the molecule is Cc1cc2c(NC3CCNC(C)C3)nccn2n1.